The highest BCUT2D eigenvalue weighted by molar-refractivity contribution is 5.93. The third kappa shape index (κ3) is 3.00. The van der Waals surface area contributed by atoms with Crippen LogP contribution in [-0.4, -0.2) is 68.6 Å². The van der Waals surface area contributed by atoms with Crippen molar-refractivity contribution in [2.45, 2.75) is 31.6 Å². The average Bonchev–Trinajstić information content (AvgIpc) is 3.48. The molecule has 4 atom stereocenters. The fourth-order valence-electron chi connectivity index (χ4n) is 4.81. The Balaban J connectivity index is 1.31. The fourth-order valence-corrected chi connectivity index (χ4v) is 4.81. The fraction of sp³-hybridized carbons (Fsp3) is 0.476. The molecule has 0 aliphatic carbocycles. The third-order valence-electron chi connectivity index (χ3n) is 6.21. The van der Waals surface area contributed by atoms with Crippen LogP contribution in [0.2, 0.25) is 0 Å². The first-order chi connectivity index (χ1) is 14.5. The average molecular weight is 409 g/mol. The molecule has 0 radical (unpaired) electrons. The van der Waals surface area contributed by atoms with Gasteiger partial charge < -0.3 is 19.1 Å². The molecule has 2 fully saturated rings. The third-order valence-corrected chi connectivity index (χ3v) is 6.21. The van der Waals surface area contributed by atoms with Gasteiger partial charge in [0, 0.05) is 32.9 Å². The number of hydrogen-bond acceptors (Lipinski definition) is 7. The molecule has 0 aromatic carbocycles. The van der Waals surface area contributed by atoms with Crippen LogP contribution in [0.25, 0.3) is 0 Å². The molecule has 2 unspecified atom stereocenters. The van der Waals surface area contributed by atoms with Crippen LogP contribution in [0.15, 0.2) is 41.2 Å². The van der Waals surface area contributed by atoms with E-state index in [2.05, 4.69) is 15.1 Å². The Labute approximate surface area is 173 Å². The Morgan fingerprint density at radius 3 is 2.90 bits per heavy atom. The molecule has 9 heteroatoms. The van der Waals surface area contributed by atoms with Crippen molar-refractivity contribution in [3.8, 4) is 0 Å². The summed E-state index contributed by atoms with van der Waals surface area (Å²) in [7, 11) is 1.69. The lowest BCUT2D eigenvalue weighted by Crippen LogP contribution is -2.44. The number of nitrogens with zero attached hydrogens (tertiary/aromatic N) is 5. The van der Waals surface area contributed by atoms with Crippen molar-refractivity contribution < 1.29 is 18.8 Å². The van der Waals surface area contributed by atoms with Crippen LogP contribution in [0.5, 0.6) is 0 Å². The second-order valence-electron chi connectivity index (χ2n) is 8.19. The number of pyridine rings is 1. The Bertz CT molecular complexity index is 1010. The van der Waals surface area contributed by atoms with E-state index in [0.717, 1.165) is 12.0 Å². The lowest BCUT2D eigenvalue weighted by Gasteiger charge is -2.27. The highest BCUT2D eigenvalue weighted by atomic mass is 16.5. The van der Waals surface area contributed by atoms with Gasteiger partial charge in [-0.1, -0.05) is 17.3 Å². The number of hydrogen-bond donors (Lipinski definition) is 0. The smallest absolute Gasteiger partial charge is 0.230 e. The minimum absolute atomic E-state index is 0.0157. The van der Waals surface area contributed by atoms with Crippen molar-refractivity contribution in [3.63, 3.8) is 0 Å². The minimum Gasteiger partial charge on any atom is -0.360 e. The summed E-state index contributed by atoms with van der Waals surface area (Å²) in [4.78, 5) is 38.1. The molecule has 2 aromatic heterocycles. The maximum Gasteiger partial charge on any atom is 0.230 e. The predicted molar refractivity (Wildman–Crippen MR) is 104 cm³/mol. The summed E-state index contributed by atoms with van der Waals surface area (Å²) in [6.07, 6.45) is 7.75. The Hall–Kier alpha value is -3.07. The van der Waals surface area contributed by atoms with Gasteiger partial charge >= 0.3 is 0 Å². The number of aromatic nitrogens is 3. The largest absolute Gasteiger partial charge is 0.360 e. The summed E-state index contributed by atoms with van der Waals surface area (Å²) in [5.41, 5.74) is 0.417. The van der Waals surface area contributed by atoms with E-state index in [9.17, 15) is 9.59 Å². The molecule has 0 N–H and O–H groups in total. The number of amides is 2. The highest BCUT2D eigenvalue weighted by Gasteiger charge is 2.66. The van der Waals surface area contributed by atoms with Crippen molar-refractivity contribution >= 4 is 11.8 Å². The van der Waals surface area contributed by atoms with E-state index in [0.29, 0.717) is 24.8 Å². The van der Waals surface area contributed by atoms with Gasteiger partial charge in [-0.15, -0.1) is 0 Å². The molecule has 3 aliphatic heterocycles. The zero-order chi connectivity index (χ0) is 20.9. The highest BCUT2D eigenvalue weighted by Crippen LogP contribution is 2.52. The normalized spacial score (nSPS) is 28.9. The minimum atomic E-state index is -0.704. The summed E-state index contributed by atoms with van der Waals surface area (Å²) < 4.78 is 11.2. The van der Waals surface area contributed by atoms with Crippen LogP contribution in [0.4, 0.5) is 0 Å². The standard InChI is InChI=1S/C21H23N5O4/c1-13-23-16(24-30-13)11-25(2)19(27)17-15-3-7-21(29-15)12-26(20(28)18(17)21)10-6-14-4-8-22-9-5-14/h3-5,7-9,15,17-18H,6,10-12H2,1-2H3/t15-,17?,18?,21-/m0/s1. The first-order valence-corrected chi connectivity index (χ1v) is 10.1. The first kappa shape index (κ1) is 18.9. The molecule has 5 heterocycles. The zero-order valence-electron chi connectivity index (χ0n) is 16.9. The number of aryl methyl sites for hydroxylation is 1. The van der Waals surface area contributed by atoms with Crippen molar-refractivity contribution in [1.29, 1.82) is 0 Å². The number of ether oxygens (including phenoxy) is 1. The van der Waals surface area contributed by atoms with Crippen LogP contribution in [0.1, 0.15) is 17.3 Å². The topological polar surface area (TPSA) is 102 Å². The predicted octanol–water partition coefficient (Wildman–Crippen LogP) is 0.756. The van der Waals surface area contributed by atoms with E-state index in [-0.39, 0.29) is 24.5 Å². The monoisotopic (exact) mass is 409 g/mol. The Morgan fingerprint density at radius 2 is 2.17 bits per heavy atom. The van der Waals surface area contributed by atoms with E-state index >= 15 is 0 Å². The van der Waals surface area contributed by atoms with Gasteiger partial charge in [-0.2, -0.15) is 4.98 Å². The molecule has 156 valence electrons. The van der Waals surface area contributed by atoms with E-state index in [1.54, 1.807) is 31.3 Å². The van der Waals surface area contributed by atoms with Crippen LogP contribution < -0.4 is 0 Å². The van der Waals surface area contributed by atoms with Crippen molar-refractivity contribution in [1.82, 2.24) is 24.9 Å². The molecule has 2 saturated heterocycles. The molecule has 0 saturated carbocycles. The summed E-state index contributed by atoms with van der Waals surface area (Å²) in [6, 6.07) is 3.89. The molecule has 2 aromatic rings. The van der Waals surface area contributed by atoms with Crippen LogP contribution in [0, 0.1) is 18.8 Å². The van der Waals surface area contributed by atoms with Gasteiger partial charge in [0.15, 0.2) is 5.82 Å². The molecule has 9 nitrogen and oxygen atoms in total. The Morgan fingerprint density at radius 1 is 1.37 bits per heavy atom. The molecule has 2 amide bonds. The summed E-state index contributed by atoms with van der Waals surface area (Å²) in [6.45, 7) is 2.99. The number of likely N-dealkylation sites (tertiary alicyclic amines) is 1. The van der Waals surface area contributed by atoms with Crippen LogP contribution in [-0.2, 0) is 27.3 Å². The van der Waals surface area contributed by atoms with E-state index in [1.165, 1.54) is 0 Å². The lowest BCUT2D eigenvalue weighted by molar-refractivity contribution is -0.142. The molecular weight excluding hydrogens is 386 g/mol. The first-order valence-electron chi connectivity index (χ1n) is 10.1. The summed E-state index contributed by atoms with van der Waals surface area (Å²) >= 11 is 0. The van der Waals surface area contributed by atoms with Crippen molar-refractivity contribution in [3.05, 3.63) is 54.0 Å². The van der Waals surface area contributed by atoms with Crippen LogP contribution in [0.3, 0.4) is 0 Å². The van der Waals surface area contributed by atoms with Crippen LogP contribution >= 0.6 is 0 Å². The second kappa shape index (κ2) is 7.02. The van der Waals surface area contributed by atoms with Gasteiger partial charge in [-0.05, 0) is 24.1 Å². The molecule has 5 rings (SSSR count). The number of fused-ring (bicyclic) bond motifs is 1. The van der Waals surface area contributed by atoms with Gasteiger partial charge in [0.05, 0.1) is 31.0 Å². The zero-order valence-corrected chi connectivity index (χ0v) is 16.9. The van der Waals surface area contributed by atoms with E-state index in [4.69, 9.17) is 9.26 Å². The molecule has 1 spiro atoms. The SMILES string of the molecule is Cc1nc(CN(C)C(=O)C2C3C(=O)N(CCc4ccncc4)C[C@@]34C=C[C@@H]2O4)no1. The molecule has 3 aliphatic rings. The quantitative estimate of drug-likeness (QED) is 0.649. The summed E-state index contributed by atoms with van der Waals surface area (Å²) in [5.74, 6) is -0.291. The summed E-state index contributed by atoms with van der Waals surface area (Å²) in [5, 5.41) is 3.85. The van der Waals surface area contributed by atoms with Gasteiger partial charge in [-0.25, -0.2) is 0 Å². The number of carbonyl (C=O) groups is 2. The Kier molecular flexibility index (Phi) is 4.43. The maximum absolute atomic E-state index is 13.3. The van der Waals surface area contributed by atoms with Gasteiger partial charge in [0.25, 0.3) is 0 Å². The molecule has 2 bridgehead atoms. The number of rotatable bonds is 6. The van der Waals surface area contributed by atoms with Gasteiger partial charge in [0.1, 0.15) is 5.60 Å². The van der Waals surface area contributed by atoms with E-state index < -0.39 is 17.4 Å². The molecule has 30 heavy (non-hydrogen) atoms. The van der Waals surface area contributed by atoms with Gasteiger partial charge in [0.2, 0.25) is 17.7 Å². The maximum atomic E-state index is 13.3. The van der Waals surface area contributed by atoms with Crippen molar-refractivity contribution in [2.24, 2.45) is 11.8 Å². The second-order valence-corrected chi connectivity index (χ2v) is 8.19. The van der Waals surface area contributed by atoms with Gasteiger partial charge in [-0.3, -0.25) is 14.6 Å². The number of carbonyl (C=O) groups excluding carboxylic acids is 2. The molecular formula is C21H23N5O4. The lowest BCUT2D eigenvalue weighted by atomic mass is 9.76. The van der Waals surface area contributed by atoms with E-state index in [1.807, 2.05) is 29.2 Å². The van der Waals surface area contributed by atoms with Crippen molar-refractivity contribution in [2.75, 3.05) is 20.1 Å².